The molecule has 0 radical (unpaired) electrons. The van der Waals surface area contributed by atoms with Gasteiger partial charge in [-0.3, -0.25) is 9.59 Å². The standard InChI is InChI=1S/C21H27BN2O4/c1-15(2)13-19(22(27)28)24-20(25)14-18(16-9-5-3-6-10-16)23-21(26)17-11-7-4-8-12-17/h3-12,15,18-19,27-28H,13-14H2,1-2H3,(H,23,26)(H,24,25)/t18?,19-/m0/s1. The molecule has 2 amide bonds. The zero-order valence-electron chi connectivity index (χ0n) is 16.2. The number of benzene rings is 2. The average molecular weight is 382 g/mol. The van der Waals surface area contributed by atoms with E-state index in [0.29, 0.717) is 12.0 Å². The molecule has 0 saturated heterocycles. The lowest BCUT2D eigenvalue weighted by Gasteiger charge is -2.23. The van der Waals surface area contributed by atoms with Crippen molar-refractivity contribution in [3.8, 4) is 0 Å². The SMILES string of the molecule is CC(C)C[C@H](NC(=O)CC(NC(=O)c1ccccc1)c1ccccc1)B(O)O. The molecule has 6 nitrogen and oxygen atoms in total. The Hall–Kier alpha value is -2.64. The highest BCUT2D eigenvalue weighted by molar-refractivity contribution is 6.43. The minimum Gasteiger partial charge on any atom is -0.426 e. The van der Waals surface area contributed by atoms with E-state index in [1.54, 1.807) is 24.3 Å². The predicted octanol–water partition coefficient (Wildman–Crippen LogP) is 2.09. The van der Waals surface area contributed by atoms with Crippen LogP contribution >= 0.6 is 0 Å². The van der Waals surface area contributed by atoms with E-state index >= 15 is 0 Å². The third-order valence-electron chi connectivity index (χ3n) is 4.36. The van der Waals surface area contributed by atoms with E-state index < -0.39 is 19.1 Å². The monoisotopic (exact) mass is 382 g/mol. The number of nitrogens with one attached hydrogen (secondary N) is 2. The molecule has 0 spiro atoms. The molecule has 2 aromatic carbocycles. The molecule has 0 fully saturated rings. The third kappa shape index (κ3) is 6.83. The van der Waals surface area contributed by atoms with Crippen LogP contribution in [0.25, 0.3) is 0 Å². The van der Waals surface area contributed by atoms with Crippen molar-refractivity contribution in [2.24, 2.45) is 5.92 Å². The van der Waals surface area contributed by atoms with Crippen LogP contribution in [0.2, 0.25) is 0 Å². The third-order valence-corrected chi connectivity index (χ3v) is 4.36. The zero-order chi connectivity index (χ0) is 20.5. The van der Waals surface area contributed by atoms with E-state index in [4.69, 9.17) is 0 Å². The van der Waals surface area contributed by atoms with Crippen molar-refractivity contribution in [3.05, 3.63) is 71.8 Å². The molecule has 0 aromatic heterocycles. The summed E-state index contributed by atoms with van der Waals surface area (Å²) in [5, 5.41) is 24.6. The van der Waals surface area contributed by atoms with Gasteiger partial charge in [-0.15, -0.1) is 0 Å². The molecular weight excluding hydrogens is 355 g/mol. The van der Waals surface area contributed by atoms with Crippen LogP contribution in [0.5, 0.6) is 0 Å². The lowest BCUT2D eigenvalue weighted by Crippen LogP contribution is -2.48. The number of carbonyl (C=O) groups excluding carboxylic acids is 2. The summed E-state index contributed by atoms with van der Waals surface area (Å²) >= 11 is 0. The molecule has 0 aliphatic rings. The molecule has 148 valence electrons. The van der Waals surface area contributed by atoms with Gasteiger partial charge >= 0.3 is 7.12 Å². The zero-order valence-corrected chi connectivity index (χ0v) is 16.2. The maximum Gasteiger partial charge on any atom is 0.475 e. The van der Waals surface area contributed by atoms with Gasteiger partial charge in [-0.25, -0.2) is 0 Å². The predicted molar refractivity (Wildman–Crippen MR) is 109 cm³/mol. The lowest BCUT2D eigenvalue weighted by atomic mass is 9.75. The van der Waals surface area contributed by atoms with Gasteiger partial charge in [-0.05, 0) is 30.0 Å². The van der Waals surface area contributed by atoms with Gasteiger partial charge in [-0.1, -0.05) is 62.4 Å². The van der Waals surface area contributed by atoms with Crippen LogP contribution in [0, 0.1) is 5.92 Å². The number of amides is 2. The smallest absolute Gasteiger partial charge is 0.426 e. The summed E-state index contributed by atoms with van der Waals surface area (Å²) in [7, 11) is -1.64. The van der Waals surface area contributed by atoms with Crippen molar-refractivity contribution in [1.82, 2.24) is 10.6 Å². The second-order valence-electron chi connectivity index (χ2n) is 7.22. The van der Waals surface area contributed by atoms with Crippen LogP contribution in [0.15, 0.2) is 60.7 Å². The van der Waals surface area contributed by atoms with Crippen molar-refractivity contribution in [3.63, 3.8) is 0 Å². The van der Waals surface area contributed by atoms with Gasteiger partial charge in [0.25, 0.3) is 5.91 Å². The van der Waals surface area contributed by atoms with Crippen molar-refractivity contribution in [2.45, 2.75) is 38.7 Å². The number of hydrogen-bond donors (Lipinski definition) is 4. The second kappa shape index (κ2) is 10.6. The molecule has 2 aromatic rings. The summed E-state index contributed by atoms with van der Waals surface area (Å²) < 4.78 is 0. The maximum atomic E-state index is 12.6. The van der Waals surface area contributed by atoms with Crippen LogP contribution in [0.4, 0.5) is 0 Å². The maximum absolute atomic E-state index is 12.6. The van der Waals surface area contributed by atoms with Crippen LogP contribution in [0.3, 0.4) is 0 Å². The van der Waals surface area contributed by atoms with Crippen LogP contribution in [-0.4, -0.2) is 34.9 Å². The van der Waals surface area contributed by atoms with E-state index in [1.807, 2.05) is 50.2 Å². The molecule has 0 saturated carbocycles. The summed E-state index contributed by atoms with van der Waals surface area (Å²) in [4.78, 5) is 25.1. The van der Waals surface area contributed by atoms with Crippen LogP contribution in [-0.2, 0) is 4.79 Å². The quantitative estimate of drug-likeness (QED) is 0.499. The summed E-state index contributed by atoms with van der Waals surface area (Å²) in [6.45, 7) is 3.88. The Kier molecular flexibility index (Phi) is 8.23. The summed E-state index contributed by atoms with van der Waals surface area (Å²) in [6, 6.07) is 17.5. The fourth-order valence-electron chi connectivity index (χ4n) is 2.98. The van der Waals surface area contributed by atoms with E-state index in [1.165, 1.54) is 0 Å². The van der Waals surface area contributed by atoms with Crippen molar-refractivity contribution in [2.75, 3.05) is 0 Å². The van der Waals surface area contributed by atoms with Gasteiger partial charge in [-0.2, -0.15) is 0 Å². The fraction of sp³-hybridized carbons (Fsp3) is 0.333. The first kappa shape index (κ1) is 21.7. The topological polar surface area (TPSA) is 98.7 Å². The Morgan fingerprint density at radius 1 is 0.929 bits per heavy atom. The van der Waals surface area contributed by atoms with E-state index in [0.717, 1.165) is 5.56 Å². The molecule has 0 aliphatic carbocycles. The number of hydrogen-bond acceptors (Lipinski definition) is 4. The molecule has 4 N–H and O–H groups in total. The molecule has 0 bridgehead atoms. The highest BCUT2D eigenvalue weighted by Crippen LogP contribution is 2.18. The van der Waals surface area contributed by atoms with Crippen molar-refractivity contribution in [1.29, 1.82) is 0 Å². The van der Waals surface area contributed by atoms with E-state index in [-0.39, 0.29) is 24.2 Å². The van der Waals surface area contributed by atoms with Crippen LogP contribution < -0.4 is 10.6 Å². The first-order valence-corrected chi connectivity index (χ1v) is 9.43. The number of rotatable bonds is 9. The molecule has 0 heterocycles. The normalized spacial score (nSPS) is 12.9. The minimum absolute atomic E-state index is 0.0100. The molecule has 7 heteroatoms. The van der Waals surface area contributed by atoms with Gasteiger partial charge in [0.2, 0.25) is 5.91 Å². The lowest BCUT2D eigenvalue weighted by molar-refractivity contribution is -0.122. The Balaban J connectivity index is 2.11. The summed E-state index contributed by atoms with van der Waals surface area (Å²) in [5.41, 5.74) is 1.30. The first-order chi connectivity index (χ1) is 13.4. The minimum atomic E-state index is -1.64. The Morgan fingerprint density at radius 3 is 2.04 bits per heavy atom. The van der Waals surface area contributed by atoms with Gasteiger partial charge in [0.1, 0.15) is 0 Å². The van der Waals surface area contributed by atoms with Gasteiger partial charge < -0.3 is 20.7 Å². The molecule has 28 heavy (non-hydrogen) atoms. The average Bonchev–Trinajstić information content (AvgIpc) is 2.67. The summed E-state index contributed by atoms with van der Waals surface area (Å²) in [5.74, 6) is -1.20. The van der Waals surface area contributed by atoms with Crippen LogP contribution in [0.1, 0.15) is 48.7 Å². The van der Waals surface area contributed by atoms with Gasteiger partial charge in [0.15, 0.2) is 0 Å². The Bertz CT molecular complexity index is 754. The Morgan fingerprint density at radius 2 is 1.50 bits per heavy atom. The number of carbonyl (C=O) groups is 2. The van der Waals surface area contributed by atoms with E-state index in [9.17, 15) is 19.6 Å². The van der Waals surface area contributed by atoms with Crippen molar-refractivity contribution >= 4 is 18.9 Å². The van der Waals surface area contributed by atoms with Gasteiger partial charge in [0.05, 0.1) is 18.4 Å². The summed E-state index contributed by atoms with van der Waals surface area (Å²) in [6.07, 6.45) is 0.430. The first-order valence-electron chi connectivity index (χ1n) is 9.43. The molecule has 2 rings (SSSR count). The van der Waals surface area contributed by atoms with Crippen molar-refractivity contribution < 1.29 is 19.6 Å². The highest BCUT2D eigenvalue weighted by atomic mass is 16.4. The Labute approximate surface area is 166 Å². The molecule has 0 aliphatic heterocycles. The highest BCUT2D eigenvalue weighted by Gasteiger charge is 2.27. The van der Waals surface area contributed by atoms with E-state index in [2.05, 4.69) is 10.6 Å². The molecular formula is C21H27BN2O4. The largest absolute Gasteiger partial charge is 0.475 e. The second-order valence-corrected chi connectivity index (χ2v) is 7.22. The molecule has 2 atom stereocenters. The van der Waals surface area contributed by atoms with Gasteiger partial charge in [0, 0.05) is 5.56 Å². The fourth-order valence-corrected chi connectivity index (χ4v) is 2.98. The molecule has 1 unspecified atom stereocenters.